The van der Waals surface area contributed by atoms with Crippen molar-refractivity contribution in [2.75, 3.05) is 12.3 Å². The maximum atomic E-state index is 12.9. The molecule has 0 atom stereocenters. The van der Waals surface area contributed by atoms with Gasteiger partial charge in [-0.15, -0.1) is 0 Å². The van der Waals surface area contributed by atoms with Crippen LogP contribution in [-0.2, 0) is 9.59 Å². The van der Waals surface area contributed by atoms with Gasteiger partial charge in [-0.25, -0.2) is 0 Å². The number of hydrogen-bond acceptors (Lipinski definition) is 5. The highest BCUT2D eigenvalue weighted by atomic mass is 32.2. The van der Waals surface area contributed by atoms with E-state index in [-0.39, 0.29) is 23.6 Å². The van der Waals surface area contributed by atoms with Gasteiger partial charge in [-0.3, -0.25) is 14.4 Å². The van der Waals surface area contributed by atoms with Crippen molar-refractivity contribution in [2.45, 2.75) is 43.5 Å². The summed E-state index contributed by atoms with van der Waals surface area (Å²) in [4.78, 5) is 37.3. The minimum Gasteiger partial charge on any atom is -0.480 e. The lowest BCUT2D eigenvalue weighted by atomic mass is 10.1. The number of carboxylic acid groups (broad SMARTS) is 1. The third kappa shape index (κ3) is 4.48. The van der Waals surface area contributed by atoms with Crippen molar-refractivity contribution in [1.82, 2.24) is 4.90 Å². The average molecular weight is 336 g/mol. The van der Waals surface area contributed by atoms with Gasteiger partial charge in [-0.05, 0) is 31.0 Å². The molecule has 1 aliphatic carbocycles. The lowest BCUT2D eigenvalue weighted by Gasteiger charge is -2.28. The van der Waals surface area contributed by atoms with E-state index >= 15 is 0 Å². The summed E-state index contributed by atoms with van der Waals surface area (Å²) in [7, 11) is 0. The number of aliphatic carboxylic acids is 1. The normalized spacial score (nSPS) is 14.7. The van der Waals surface area contributed by atoms with Crippen molar-refractivity contribution in [1.29, 1.82) is 0 Å². The number of nitrogens with zero attached hydrogens (tertiary/aromatic N) is 1. The topological polar surface area (TPSA) is 101 Å². The second-order valence-corrected chi connectivity index (χ2v) is 6.83. The van der Waals surface area contributed by atoms with Crippen LogP contribution in [0.1, 0.15) is 43.0 Å². The average Bonchev–Trinajstić information content (AvgIpc) is 2.99. The molecule has 0 spiro atoms. The number of benzene rings is 1. The lowest BCUT2D eigenvalue weighted by Crippen LogP contribution is -2.42. The predicted octanol–water partition coefficient (Wildman–Crippen LogP) is 2.38. The van der Waals surface area contributed by atoms with Crippen molar-refractivity contribution in [3.05, 3.63) is 23.8 Å². The Morgan fingerprint density at radius 3 is 2.52 bits per heavy atom. The number of nitrogens with two attached hydrogens (primary N) is 1. The van der Waals surface area contributed by atoms with Crippen LogP contribution in [0.5, 0.6) is 0 Å². The molecule has 7 heteroatoms. The van der Waals surface area contributed by atoms with Crippen LogP contribution < -0.4 is 5.73 Å². The molecule has 0 bridgehead atoms. The van der Waals surface area contributed by atoms with Gasteiger partial charge in [-0.2, -0.15) is 0 Å². The van der Waals surface area contributed by atoms with Gasteiger partial charge in [0.15, 0.2) is 5.12 Å². The number of rotatable bonds is 5. The molecule has 6 nitrogen and oxygen atoms in total. The molecule has 0 aliphatic heterocycles. The van der Waals surface area contributed by atoms with E-state index in [1.807, 2.05) is 0 Å². The molecule has 0 saturated heterocycles. The summed E-state index contributed by atoms with van der Waals surface area (Å²) in [6, 6.07) is 4.69. The third-order valence-corrected chi connectivity index (χ3v) is 4.68. The van der Waals surface area contributed by atoms with E-state index in [1.165, 1.54) is 17.9 Å². The quantitative estimate of drug-likeness (QED) is 0.632. The number of carboxylic acids is 1. The first-order valence-corrected chi connectivity index (χ1v) is 8.31. The molecule has 1 amide bonds. The first-order valence-electron chi connectivity index (χ1n) is 7.49. The van der Waals surface area contributed by atoms with E-state index in [9.17, 15) is 14.4 Å². The fourth-order valence-electron chi connectivity index (χ4n) is 2.84. The molecule has 0 heterocycles. The zero-order chi connectivity index (χ0) is 17.0. The predicted molar refractivity (Wildman–Crippen MR) is 88.3 cm³/mol. The van der Waals surface area contributed by atoms with Crippen molar-refractivity contribution >= 4 is 34.4 Å². The Kier molecular flexibility index (Phi) is 5.65. The molecule has 124 valence electrons. The molecule has 0 unspecified atom stereocenters. The molecule has 1 aromatic rings. The largest absolute Gasteiger partial charge is 0.480 e. The summed E-state index contributed by atoms with van der Waals surface area (Å²) in [6.45, 7) is 1.07. The highest BCUT2D eigenvalue weighted by molar-refractivity contribution is 8.13. The number of amides is 1. The number of carbonyl (C=O) groups is 3. The zero-order valence-corrected chi connectivity index (χ0v) is 13.8. The van der Waals surface area contributed by atoms with Gasteiger partial charge < -0.3 is 15.7 Å². The van der Waals surface area contributed by atoms with Crippen LogP contribution in [-0.4, -0.2) is 39.6 Å². The molecule has 1 aliphatic rings. The Morgan fingerprint density at radius 1 is 1.30 bits per heavy atom. The van der Waals surface area contributed by atoms with Crippen LogP contribution in [0.15, 0.2) is 23.1 Å². The summed E-state index contributed by atoms with van der Waals surface area (Å²) in [5, 5.41) is 8.99. The van der Waals surface area contributed by atoms with Gasteiger partial charge in [0.25, 0.3) is 5.91 Å². The molecule has 3 N–H and O–H groups in total. The smallest absolute Gasteiger partial charge is 0.323 e. The Hall–Kier alpha value is -2.02. The molecule has 2 rings (SSSR count). The highest BCUT2D eigenvalue weighted by Crippen LogP contribution is 2.30. The second-order valence-electron chi connectivity index (χ2n) is 5.61. The lowest BCUT2D eigenvalue weighted by molar-refractivity contribution is -0.138. The van der Waals surface area contributed by atoms with Crippen molar-refractivity contribution in [2.24, 2.45) is 0 Å². The fraction of sp³-hybridized carbons (Fsp3) is 0.438. The molecule has 0 radical (unpaired) electrons. The summed E-state index contributed by atoms with van der Waals surface area (Å²) < 4.78 is 0. The van der Waals surface area contributed by atoms with Crippen LogP contribution in [0.4, 0.5) is 5.69 Å². The van der Waals surface area contributed by atoms with Gasteiger partial charge in [-0.1, -0.05) is 24.6 Å². The number of anilines is 1. The molecular formula is C16H20N2O4S. The maximum Gasteiger partial charge on any atom is 0.323 e. The second kappa shape index (κ2) is 7.50. The first-order chi connectivity index (χ1) is 10.9. The summed E-state index contributed by atoms with van der Waals surface area (Å²) in [6.07, 6.45) is 3.58. The highest BCUT2D eigenvalue weighted by Gasteiger charge is 2.30. The van der Waals surface area contributed by atoms with Crippen LogP contribution in [0.2, 0.25) is 0 Å². The standard InChI is InChI=1S/C16H20N2O4S/c1-10(19)23-14-7-6-11(17)8-13(14)16(22)18(9-15(20)21)12-4-2-3-5-12/h6-8,12H,2-5,9,17H2,1H3,(H,20,21). The number of nitrogen functional groups attached to an aromatic ring is 1. The monoisotopic (exact) mass is 336 g/mol. The van der Waals surface area contributed by atoms with Crippen LogP contribution >= 0.6 is 11.8 Å². The van der Waals surface area contributed by atoms with Gasteiger partial charge in [0.2, 0.25) is 0 Å². The van der Waals surface area contributed by atoms with Crippen molar-refractivity contribution < 1.29 is 19.5 Å². The Balaban J connectivity index is 2.36. The minimum atomic E-state index is -1.05. The minimum absolute atomic E-state index is 0.0739. The van der Waals surface area contributed by atoms with Crippen molar-refractivity contribution in [3.63, 3.8) is 0 Å². The van der Waals surface area contributed by atoms with Crippen LogP contribution in [0, 0.1) is 0 Å². The SMILES string of the molecule is CC(=O)Sc1ccc(N)cc1C(=O)N(CC(=O)O)C1CCCC1. The Morgan fingerprint density at radius 2 is 1.96 bits per heavy atom. The Labute approximate surface area is 139 Å². The van der Waals surface area contributed by atoms with Crippen LogP contribution in [0.25, 0.3) is 0 Å². The number of carbonyl (C=O) groups excluding carboxylic acids is 2. The molecule has 1 fully saturated rings. The van der Waals surface area contributed by atoms with E-state index in [2.05, 4.69) is 0 Å². The van der Waals surface area contributed by atoms with E-state index in [0.717, 1.165) is 37.4 Å². The number of thioether (sulfide) groups is 1. The van der Waals surface area contributed by atoms with E-state index < -0.39 is 5.97 Å². The van der Waals surface area contributed by atoms with Gasteiger partial charge in [0, 0.05) is 23.5 Å². The van der Waals surface area contributed by atoms with Crippen LogP contribution in [0.3, 0.4) is 0 Å². The maximum absolute atomic E-state index is 12.9. The van der Waals surface area contributed by atoms with Crippen molar-refractivity contribution in [3.8, 4) is 0 Å². The van der Waals surface area contributed by atoms with Gasteiger partial charge in [0.05, 0.1) is 5.56 Å². The summed E-state index contributed by atoms with van der Waals surface area (Å²) in [5.74, 6) is -1.43. The number of hydrogen-bond donors (Lipinski definition) is 2. The fourth-order valence-corrected chi connectivity index (χ4v) is 3.54. The van der Waals surface area contributed by atoms with E-state index in [4.69, 9.17) is 10.8 Å². The van der Waals surface area contributed by atoms with E-state index in [1.54, 1.807) is 12.1 Å². The van der Waals surface area contributed by atoms with Gasteiger partial charge in [0.1, 0.15) is 6.54 Å². The van der Waals surface area contributed by atoms with Gasteiger partial charge >= 0.3 is 5.97 Å². The third-order valence-electron chi connectivity index (χ3n) is 3.82. The van der Waals surface area contributed by atoms with E-state index in [0.29, 0.717) is 16.1 Å². The zero-order valence-electron chi connectivity index (χ0n) is 12.9. The molecular weight excluding hydrogens is 316 g/mol. The summed E-state index contributed by atoms with van der Waals surface area (Å²) in [5.41, 5.74) is 6.47. The molecule has 1 saturated carbocycles. The first kappa shape index (κ1) is 17.3. The Bertz CT molecular complexity index is 627. The molecule has 23 heavy (non-hydrogen) atoms. The molecule has 1 aromatic carbocycles. The summed E-state index contributed by atoms with van der Waals surface area (Å²) >= 11 is 0.952. The molecule has 0 aromatic heterocycles.